The van der Waals surface area contributed by atoms with E-state index in [2.05, 4.69) is 0 Å². The van der Waals surface area contributed by atoms with E-state index in [-0.39, 0.29) is 17.9 Å². The Morgan fingerprint density at radius 1 is 1.10 bits per heavy atom. The van der Waals surface area contributed by atoms with Crippen LogP contribution in [0.2, 0.25) is 0 Å². The van der Waals surface area contributed by atoms with E-state index < -0.39 is 11.8 Å². The summed E-state index contributed by atoms with van der Waals surface area (Å²) < 4.78 is 29.1. The van der Waals surface area contributed by atoms with Crippen molar-refractivity contribution in [1.82, 2.24) is 0 Å². The number of para-hydroxylation sites is 2. The third-order valence-corrected chi connectivity index (χ3v) is 2.73. The minimum Gasteiger partial charge on any atom is -0.493 e. The Morgan fingerprint density at radius 3 is 2.48 bits per heavy atom. The summed E-state index contributed by atoms with van der Waals surface area (Å²) in [5, 5.41) is 0. The molecule has 0 N–H and O–H groups in total. The molecule has 0 bridgehead atoms. The molecule has 110 valence electrons. The summed E-state index contributed by atoms with van der Waals surface area (Å²) in [6.45, 7) is 1.92. The molecule has 0 aliphatic carbocycles. The summed E-state index contributed by atoms with van der Waals surface area (Å²) in [5.41, 5.74) is 0.157. The quantitative estimate of drug-likeness (QED) is 0.786. The van der Waals surface area contributed by atoms with Gasteiger partial charge in [-0.3, -0.25) is 0 Å². The van der Waals surface area contributed by atoms with Gasteiger partial charge in [0.15, 0.2) is 11.5 Å². The summed E-state index contributed by atoms with van der Waals surface area (Å²) in [6, 6.07) is 10.6. The summed E-state index contributed by atoms with van der Waals surface area (Å²) in [7, 11) is 1.50. The zero-order valence-corrected chi connectivity index (χ0v) is 11.8. The minimum absolute atomic E-state index is 0.0814. The van der Waals surface area contributed by atoms with Crippen molar-refractivity contribution in [2.75, 3.05) is 13.7 Å². The van der Waals surface area contributed by atoms with Crippen LogP contribution in [0.25, 0.3) is 0 Å². The van der Waals surface area contributed by atoms with E-state index in [1.807, 2.05) is 0 Å². The Balaban J connectivity index is 2.38. The van der Waals surface area contributed by atoms with Crippen molar-refractivity contribution >= 4 is 5.97 Å². The lowest BCUT2D eigenvalue weighted by Gasteiger charge is -2.13. The average Bonchev–Trinajstić information content (AvgIpc) is 2.48. The Hall–Kier alpha value is -2.56. The lowest BCUT2D eigenvalue weighted by atomic mass is 10.2. The zero-order chi connectivity index (χ0) is 15.2. The number of rotatable bonds is 5. The van der Waals surface area contributed by atoms with E-state index in [4.69, 9.17) is 14.2 Å². The van der Waals surface area contributed by atoms with Gasteiger partial charge < -0.3 is 14.2 Å². The van der Waals surface area contributed by atoms with Crippen LogP contribution >= 0.6 is 0 Å². The van der Waals surface area contributed by atoms with Gasteiger partial charge in [0.2, 0.25) is 0 Å². The SMILES string of the molecule is CCOC(=O)c1ccc(F)cc1Oc1ccccc1OC. The van der Waals surface area contributed by atoms with Crippen LogP contribution in [0.4, 0.5) is 4.39 Å². The van der Waals surface area contributed by atoms with Crippen LogP contribution in [0.15, 0.2) is 42.5 Å². The van der Waals surface area contributed by atoms with Gasteiger partial charge in [0, 0.05) is 6.07 Å². The lowest BCUT2D eigenvalue weighted by Crippen LogP contribution is -2.07. The Kier molecular flexibility index (Phi) is 4.77. The zero-order valence-electron chi connectivity index (χ0n) is 11.8. The number of carbonyl (C=O) groups excluding carboxylic acids is 1. The van der Waals surface area contributed by atoms with Crippen molar-refractivity contribution in [3.63, 3.8) is 0 Å². The molecule has 2 aromatic carbocycles. The molecule has 0 saturated carbocycles. The van der Waals surface area contributed by atoms with Gasteiger partial charge in [-0.05, 0) is 31.2 Å². The second-order valence-electron chi connectivity index (χ2n) is 4.11. The van der Waals surface area contributed by atoms with Gasteiger partial charge >= 0.3 is 5.97 Å². The molecule has 2 aromatic rings. The van der Waals surface area contributed by atoms with Crippen molar-refractivity contribution < 1.29 is 23.4 Å². The largest absolute Gasteiger partial charge is 0.493 e. The molecule has 0 aliphatic rings. The third-order valence-electron chi connectivity index (χ3n) is 2.73. The molecule has 0 amide bonds. The maximum Gasteiger partial charge on any atom is 0.341 e. The summed E-state index contributed by atoms with van der Waals surface area (Å²) in [4.78, 5) is 11.9. The highest BCUT2D eigenvalue weighted by Gasteiger charge is 2.16. The molecule has 0 spiro atoms. The molecule has 0 aliphatic heterocycles. The second-order valence-corrected chi connectivity index (χ2v) is 4.11. The van der Waals surface area contributed by atoms with Crippen LogP contribution in [-0.2, 0) is 4.74 Å². The van der Waals surface area contributed by atoms with E-state index in [1.54, 1.807) is 31.2 Å². The molecule has 0 saturated heterocycles. The first-order valence-corrected chi connectivity index (χ1v) is 6.43. The van der Waals surface area contributed by atoms with Gasteiger partial charge in [-0.2, -0.15) is 0 Å². The molecule has 0 unspecified atom stereocenters. The monoisotopic (exact) mass is 290 g/mol. The highest BCUT2D eigenvalue weighted by molar-refractivity contribution is 5.92. The molecule has 0 fully saturated rings. The van der Waals surface area contributed by atoms with Gasteiger partial charge in [-0.15, -0.1) is 0 Å². The third kappa shape index (κ3) is 3.51. The molecule has 2 rings (SSSR count). The Bertz CT molecular complexity index is 640. The van der Waals surface area contributed by atoms with Crippen molar-refractivity contribution in [2.24, 2.45) is 0 Å². The summed E-state index contributed by atoms with van der Waals surface area (Å²) >= 11 is 0. The highest BCUT2D eigenvalue weighted by atomic mass is 19.1. The first kappa shape index (κ1) is 14.8. The van der Waals surface area contributed by atoms with Crippen LogP contribution < -0.4 is 9.47 Å². The predicted octanol–water partition coefficient (Wildman–Crippen LogP) is 3.80. The second kappa shape index (κ2) is 6.74. The molecular formula is C16H15FO4. The van der Waals surface area contributed by atoms with E-state index in [1.165, 1.54) is 19.2 Å². The van der Waals surface area contributed by atoms with Crippen molar-refractivity contribution in [1.29, 1.82) is 0 Å². The maximum atomic E-state index is 13.4. The number of halogens is 1. The van der Waals surface area contributed by atoms with Crippen LogP contribution in [0, 0.1) is 5.82 Å². The van der Waals surface area contributed by atoms with Crippen LogP contribution in [0.5, 0.6) is 17.2 Å². The van der Waals surface area contributed by atoms with Crippen LogP contribution in [-0.4, -0.2) is 19.7 Å². The van der Waals surface area contributed by atoms with E-state index in [0.29, 0.717) is 11.5 Å². The van der Waals surface area contributed by atoms with Crippen molar-refractivity contribution in [3.05, 3.63) is 53.8 Å². The maximum absolute atomic E-state index is 13.4. The first-order valence-electron chi connectivity index (χ1n) is 6.43. The first-order chi connectivity index (χ1) is 10.2. The van der Waals surface area contributed by atoms with Gasteiger partial charge in [-0.1, -0.05) is 12.1 Å². The standard InChI is InChI=1S/C16H15FO4/c1-3-20-16(18)12-9-8-11(17)10-15(12)21-14-7-5-4-6-13(14)19-2/h4-10H,3H2,1-2H3. The summed E-state index contributed by atoms with van der Waals surface area (Å²) in [6.07, 6.45) is 0. The van der Waals surface area contributed by atoms with Gasteiger partial charge in [-0.25, -0.2) is 9.18 Å². The lowest BCUT2D eigenvalue weighted by molar-refractivity contribution is 0.0523. The smallest absolute Gasteiger partial charge is 0.341 e. The molecular weight excluding hydrogens is 275 g/mol. The minimum atomic E-state index is -0.567. The Morgan fingerprint density at radius 2 is 1.81 bits per heavy atom. The number of methoxy groups -OCH3 is 1. The topological polar surface area (TPSA) is 44.8 Å². The molecule has 0 radical (unpaired) electrons. The Labute approximate surface area is 122 Å². The number of esters is 1. The normalized spacial score (nSPS) is 10.0. The molecule has 0 heterocycles. The fourth-order valence-corrected chi connectivity index (χ4v) is 1.78. The van der Waals surface area contributed by atoms with E-state index >= 15 is 0 Å². The van der Waals surface area contributed by atoms with Crippen molar-refractivity contribution in [2.45, 2.75) is 6.92 Å². The molecule has 5 heteroatoms. The van der Waals surface area contributed by atoms with Gasteiger partial charge in [0.25, 0.3) is 0 Å². The van der Waals surface area contributed by atoms with Crippen molar-refractivity contribution in [3.8, 4) is 17.2 Å². The number of ether oxygens (including phenoxy) is 3. The average molecular weight is 290 g/mol. The van der Waals surface area contributed by atoms with E-state index in [0.717, 1.165) is 6.07 Å². The van der Waals surface area contributed by atoms with Gasteiger partial charge in [0.1, 0.15) is 17.1 Å². The molecule has 0 aromatic heterocycles. The summed E-state index contributed by atoms with van der Waals surface area (Å²) in [5.74, 6) is -0.124. The molecule has 0 atom stereocenters. The van der Waals surface area contributed by atoms with Gasteiger partial charge in [0.05, 0.1) is 13.7 Å². The fraction of sp³-hybridized carbons (Fsp3) is 0.188. The number of hydrogen-bond donors (Lipinski definition) is 0. The van der Waals surface area contributed by atoms with Crippen LogP contribution in [0.3, 0.4) is 0 Å². The number of carbonyl (C=O) groups is 1. The highest BCUT2D eigenvalue weighted by Crippen LogP contribution is 2.33. The number of hydrogen-bond acceptors (Lipinski definition) is 4. The molecule has 4 nitrogen and oxygen atoms in total. The predicted molar refractivity (Wildman–Crippen MR) is 75.4 cm³/mol. The fourth-order valence-electron chi connectivity index (χ4n) is 1.78. The van der Waals surface area contributed by atoms with Crippen LogP contribution in [0.1, 0.15) is 17.3 Å². The molecule has 21 heavy (non-hydrogen) atoms. The van der Waals surface area contributed by atoms with E-state index in [9.17, 15) is 9.18 Å². The number of benzene rings is 2.